The highest BCUT2D eigenvalue weighted by Gasteiger charge is 2.17. The lowest BCUT2D eigenvalue weighted by Gasteiger charge is -2.29. The van der Waals surface area contributed by atoms with E-state index in [9.17, 15) is 4.79 Å². The zero-order chi connectivity index (χ0) is 10.5. The van der Waals surface area contributed by atoms with Crippen LogP contribution in [0.1, 0.15) is 12.8 Å². The van der Waals surface area contributed by atoms with Gasteiger partial charge in [-0.1, -0.05) is 0 Å². The molecule has 4 nitrogen and oxygen atoms in total. The molecule has 15 heavy (non-hydrogen) atoms. The highest BCUT2D eigenvalue weighted by molar-refractivity contribution is 5.53. The van der Waals surface area contributed by atoms with E-state index < -0.39 is 0 Å². The molecule has 82 valence electrons. The summed E-state index contributed by atoms with van der Waals surface area (Å²) in [6.45, 7) is 4.16. The molecule has 0 bridgehead atoms. The molecule has 1 aromatic heterocycles. The third-order valence-corrected chi connectivity index (χ3v) is 3.06. The molecule has 0 amide bonds. The molecule has 0 aliphatic carbocycles. The molecule has 1 saturated heterocycles. The second kappa shape index (κ2) is 5.07. The highest BCUT2D eigenvalue weighted by atomic mass is 16.1. The van der Waals surface area contributed by atoms with Crippen LogP contribution in [0.15, 0.2) is 18.7 Å². The van der Waals surface area contributed by atoms with Crippen LogP contribution in [0.4, 0.5) is 0 Å². The van der Waals surface area contributed by atoms with Crippen LogP contribution >= 0.6 is 0 Å². The number of hydrogen-bond donors (Lipinski definition) is 0. The van der Waals surface area contributed by atoms with E-state index in [1.54, 1.807) is 6.20 Å². The zero-order valence-electron chi connectivity index (χ0n) is 8.88. The smallest absolute Gasteiger partial charge is 0.123 e. The Balaban J connectivity index is 1.71. The Hall–Kier alpha value is -1.16. The Morgan fingerprint density at radius 2 is 2.13 bits per heavy atom. The molecule has 1 fully saturated rings. The number of carbonyl (C=O) groups is 1. The van der Waals surface area contributed by atoms with Crippen molar-refractivity contribution in [3.63, 3.8) is 0 Å². The van der Waals surface area contributed by atoms with Gasteiger partial charge in [0.15, 0.2) is 0 Å². The Labute approximate surface area is 89.9 Å². The van der Waals surface area contributed by atoms with Gasteiger partial charge in [0.1, 0.15) is 6.29 Å². The van der Waals surface area contributed by atoms with Crippen molar-refractivity contribution in [2.24, 2.45) is 5.92 Å². The summed E-state index contributed by atoms with van der Waals surface area (Å²) in [4.78, 5) is 17.0. The van der Waals surface area contributed by atoms with Gasteiger partial charge in [0, 0.05) is 31.4 Å². The molecular weight excluding hydrogens is 190 g/mol. The Kier molecular flexibility index (Phi) is 3.50. The molecule has 1 aromatic rings. The van der Waals surface area contributed by atoms with Crippen LogP contribution in [0.2, 0.25) is 0 Å². The number of imidazole rings is 1. The number of rotatable bonds is 4. The first-order chi connectivity index (χ1) is 7.38. The van der Waals surface area contributed by atoms with Crippen LogP contribution in [0.25, 0.3) is 0 Å². The van der Waals surface area contributed by atoms with Crippen molar-refractivity contribution < 1.29 is 4.79 Å². The SMILES string of the molecule is O=CC1CCN(CCn2ccnc2)CC1. The fourth-order valence-corrected chi connectivity index (χ4v) is 1.99. The summed E-state index contributed by atoms with van der Waals surface area (Å²) in [5.74, 6) is 0.300. The fraction of sp³-hybridized carbons (Fsp3) is 0.636. The van der Waals surface area contributed by atoms with Gasteiger partial charge in [0.05, 0.1) is 6.33 Å². The average Bonchev–Trinajstić information content (AvgIpc) is 2.80. The van der Waals surface area contributed by atoms with Crippen LogP contribution in [0.3, 0.4) is 0 Å². The van der Waals surface area contributed by atoms with Crippen molar-refractivity contribution in [1.82, 2.24) is 14.5 Å². The van der Waals surface area contributed by atoms with Gasteiger partial charge < -0.3 is 14.3 Å². The minimum Gasteiger partial charge on any atom is -0.336 e. The van der Waals surface area contributed by atoms with Crippen molar-refractivity contribution in [1.29, 1.82) is 0 Å². The summed E-state index contributed by atoms with van der Waals surface area (Å²) in [5.41, 5.74) is 0. The first-order valence-corrected chi connectivity index (χ1v) is 5.52. The van der Waals surface area contributed by atoms with Gasteiger partial charge in [-0.25, -0.2) is 4.98 Å². The largest absolute Gasteiger partial charge is 0.336 e. The lowest BCUT2D eigenvalue weighted by atomic mass is 9.99. The summed E-state index contributed by atoms with van der Waals surface area (Å²) in [5, 5.41) is 0. The van der Waals surface area contributed by atoms with Gasteiger partial charge in [-0.2, -0.15) is 0 Å². The number of piperidine rings is 1. The fourth-order valence-electron chi connectivity index (χ4n) is 1.99. The maximum absolute atomic E-state index is 10.6. The molecule has 1 aliphatic rings. The maximum Gasteiger partial charge on any atom is 0.123 e. The quantitative estimate of drug-likeness (QED) is 0.685. The molecule has 2 rings (SSSR count). The van der Waals surface area contributed by atoms with Gasteiger partial charge >= 0.3 is 0 Å². The van der Waals surface area contributed by atoms with Gasteiger partial charge in [-0.15, -0.1) is 0 Å². The first kappa shape index (κ1) is 10.4. The molecule has 4 heteroatoms. The van der Waals surface area contributed by atoms with Crippen LogP contribution in [-0.4, -0.2) is 40.4 Å². The minimum atomic E-state index is 0.300. The third kappa shape index (κ3) is 2.89. The van der Waals surface area contributed by atoms with E-state index in [0.29, 0.717) is 5.92 Å². The molecule has 2 heterocycles. The second-order valence-corrected chi connectivity index (χ2v) is 4.12. The van der Waals surface area contributed by atoms with Crippen LogP contribution in [-0.2, 0) is 11.3 Å². The standard InChI is InChI=1S/C11H17N3O/c15-9-11-1-4-13(5-2-11)7-8-14-6-3-12-10-14/h3,6,9-11H,1-2,4-5,7-8H2. The summed E-state index contributed by atoms with van der Waals surface area (Å²) >= 11 is 0. The number of aldehydes is 1. The number of likely N-dealkylation sites (tertiary alicyclic amines) is 1. The van der Waals surface area contributed by atoms with E-state index in [0.717, 1.165) is 45.3 Å². The van der Waals surface area contributed by atoms with Crippen LogP contribution < -0.4 is 0 Å². The molecule has 0 aromatic carbocycles. The van der Waals surface area contributed by atoms with Crippen molar-refractivity contribution in [2.45, 2.75) is 19.4 Å². The lowest BCUT2D eigenvalue weighted by Crippen LogP contribution is -2.36. The normalized spacial score (nSPS) is 19.2. The predicted octanol–water partition coefficient (Wildman–Crippen LogP) is 0.794. The molecule has 0 radical (unpaired) electrons. The van der Waals surface area contributed by atoms with Crippen LogP contribution in [0, 0.1) is 5.92 Å². The van der Waals surface area contributed by atoms with Gasteiger partial charge in [0.2, 0.25) is 0 Å². The van der Waals surface area contributed by atoms with E-state index in [2.05, 4.69) is 14.5 Å². The van der Waals surface area contributed by atoms with Gasteiger partial charge in [-0.3, -0.25) is 0 Å². The molecule has 0 spiro atoms. The Bertz CT molecular complexity index is 289. The van der Waals surface area contributed by atoms with Crippen molar-refractivity contribution in [3.8, 4) is 0 Å². The molecule has 1 aliphatic heterocycles. The van der Waals surface area contributed by atoms with Crippen molar-refractivity contribution >= 4 is 6.29 Å². The number of aromatic nitrogens is 2. The van der Waals surface area contributed by atoms with E-state index in [1.807, 2.05) is 12.5 Å². The van der Waals surface area contributed by atoms with Crippen molar-refractivity contribution in [2.75, 3.05) is 19.6 Å². The Morgan fingerprint density at radius 3 is 2.73 bits per heavy atom. The first-order valence-electron chi connectivity index (χ1n) is 5.52. The average molecular weight is 207 g/mol. The summed E-state index contributed by atoms with van der Waals surface area (Å²) in [7, 11) is 0. The number of hydrogen-bond acceptors (Lipinski definition) is 3. The summed E-state index contributed by atoms with van der Waals surface area (Å²) < 4.78 is 2.09. The molecule has 0 N–H and O–H groups in total. The predicted molar refractivity (Wildman–Crippen MR) is 57.5 cm³/mol. The van der Waals surface area contributed by atoms with Gasteiger partial charge in [0.25, 0.3) is 0 Å². The van der Waals surface area contributed by atoms with E-state index in [1.165, 1.54) is 0 Å². The summed E-state index contributed by atoms with van der Waals surface area (Å²) in [6, 6.07) is 0. The third-order valence-electron chi connectivity index (χ3n) is 3.06. The van der Waals surface area contributed by atoms with Crippen LogP contribution in [0.5, 0.6) is 0 Å². The Morgan fingerprint density at radius 1 is 1.33 bits per heavy atom. The molecule has 0 saturated carbocycles. The zero-order valence-corrected chi connectivity index (χ0v) is 8.88. The maximum atomic E-state index is 10.6. The molecule has 0 atom stereocenters. The van der Waals surface area contributed by atoms with E-state index in [4.69, 9.17) is 0 Å². The van der Waals surface area contributed by atoms with Crippen molar-refractivity contribution in [3.05, 3.63) is 18.7 Å². The monoisotopic (exact) mass is 207 g/mol. The lowest BCUT2D eigenvalue weighted by molar-refractivity contribution is -0.112. The van der Waals surface area contributed by atoms with E-state index in [-0.39, 0.29) is 0 Å². The minimum absolute atomic E-state index is 0.300. The van der Waals surface area contributed by atoms with Gasteiger partial charge in [-0.05, 0) is 25.9 Å². The second-order valence-electron chi connectivity index (χ2n) is 4.12. The topological polar surface area (TPSA) is 38.1 Å². The number of nitrogens with zero attached hydrogens (tertiary/aromatic N) is 3. The van der Waals surface area contributed by atoms with E-state index >= 15 is 0 Å². The molecule has 0 unspecified atom stereocenters. The molecular formula is C11H17N3O. The number of carbonyl (C=O) groups excluding carboxylic acids is 1. The highest BCUT2D eigenvalue weighted by Crippen LogP contribution is 2.14. The summed E-state index contributed by atoms with van der Waals surface area (Å²) in [6.07, 6.45) is 8.78.